The number of fused-ring (bicyclic) bond motifs is 10. The maximum absolute atomic E-state index is 15.5. The third-order valence-electron chi connectivity index (χ3n) is 26.4. The highest BCUT2D eigenvalue weighted by molar-refractivity contribution is 6.30. The molecule has 22 atom stereocenters. The van der Waals surface area contributed by atoms with Gasteiger partial charge in [-0.1, -0.05) is 136 Å². The summed E-state index contributed by atoms with van der Waals surface area (Å²) in [4.78, 5) is 153. The van der Waals surface area contributed by atoms with Crippen LogP contribution in [0.4, 0.5) is 4.79 Å². The molecule has 0 spiro atoms. The van der Waals surface area contributed by atoms with Crippen LogP contribution >= 0.6 is 11.6 Å². The second-order valence-corrected chi connectivity index (χ2v) is 36.0. The lowest BCUT2D eigenvalue weighted by molar-refractivity contribution is -0.346. The Morgan fingerprint density at radius 1 is 0.500 bits per heavy atom. The van der Waals surface area contributed by atoms with Crippen molar-refractivity contribution in [3.63, 3.8) is 0 Å². The molecule has 654 valence electrons. The van der Waals surface area contributed by atoms with Gasteiger partial charge in [0.2, 0.25) is 0 Å². The van der Waals surface area contributed by atoms with Crippen molar-refractivity contribution in [3.8, 4) is 0 Å². The molecule has 2 amide bonds. The summed E-state index contributed by atoms with van der Waals surface area (Å²) in [5, 5.41) is 92.3. The van der Waals surface area contributed by atoms with Gasteiger partial charge in [-0.05, 0) is 137 Å². The van der Waals surface area contributed by atoms with Crippen LogP contribution < -0.4 is 10.6 Å². The number of ketones is 2. The maximum atomic E-state index is 15.5. The number of aliphatic hydroxyl groups excluding tert-OH is 5. The number of aryl methyl sites for hydroxylation is 1. The summed E-state index contributed by atoms with van der Waals surface area (Å²) in [6.45, 7) is 21.6. The molecule has 122 heavy (non-hydrogen) atoms. The Balaban J connectivity index is 0.000000224. The maximum Gasteiger partial charge on any atom is 0.408 e. The van der Waals surface area contributed by atoms with Gasteiger partial charge in [0.25, 0.3) is 5.91 Å². The van der Waals surface area contributed by atoms with Crippen LogP contribution in [-0.4, -0.2) is 216 Å². The number of rotatable bonds is 18. The van der Waals surface area contributed by atoms with Crippen LogP contribution in [0.25, 0.3) is 0 Å². The summed E-state index contributed by atoms with van der Waals surface area (Å²) in [6, 6.07) is 33.7. The summed E-state index contributed by atoms with van der Waals surface area (Å²) >= 11 is 6.03. The molecule has 2 aliphatic heterocycles. The molecule has 6 aliphatic carbocycles. The number of halogens is 1. The van der Waals surface area contributed by atoms with Gasteiger partial charge in [0.05, 0.1) is 71.3 Å². The standard InChI is InChI=1S/C47H50ClNO14.C44H55NO14/c1-24-31(61-43(57)36(53)35(27-13-9-7-10-14-27)49-41(55)28-17-19-30(48)20-18-28)22-47(58)40(62-42(56)29-15-11-8-12-16-29)38-45(6,32(52)21-33-46(38,23-59-33)63-26(3)51)39(54)37(60-25(2)50)34(24)44(47,4)5;1-22-15-17-25(18-16-22)31(45-39(53)59-40(4,5)6)33(49)38(52)56-27-20-44(54)36(57-37(51)26-13-11-10-12-14-26)34-42(9,35(50)32(48)30(23(27)2)41(44,7)8)28(47)19-29-43(34,21-55-29)58-24(3)46/h7-20,31-33,35-38,40,52-53,58H,21-23H2,1-6H3,(H,49,55);10-18,27-29,31-34,36,47-49,54H,19-21H2,1-9H3,(H,45,53)/t31-,32-,33+,35-,36+,37+,38-,40-,45+,46-,47+;27-,28-,29+,31-,32+,33+,34-,36-,42+,43-,44+/m00/s1. The molecule has 13 rings (SSSR count). The summed E-state index contributed by atoms with van der Waals surface area (Å²) in [6.07, 6.45) is -22.1. The number of aliphatic hydroxyl groups is 7. The lowest BCUT2D eigenvalue weighted by Crippen LogP contribution is -2.82. The van der Waals surface area contributed by atoms with Crippen LogP contribution in [0.1, 0.15) is 182 Å². The number of hydrogen-bond donors (Lipinski definition) is 9. The van der Waals surface area contributed by atoms with E-state index in [1.165, 1.54) is 76.2 Å². The van der Waals surface area contributed by atoms with E-state index in [1.54, 1.807) is 139 Å². The monoisotopic (exact) mass is 1710 g/mol. The van der Waals surface area contributed by atoms with Gasteiger partial charge >= 0.3 is 47.9 Å². The van der Waals surface area contributed by atoms with Gasteiger partial charge < -0.3 is 93.7 Å². The molecule has 0 aromatic heterocycles. The number of benzene rings is 5. The summed E-state index contributed by atoms with van der Waals surface area (Å²) in [7, 11) is 0. The second-order valence-electron chi connectivity index (χ2n) is 35.6. The summed E-state index contributed by atoms with van der Waals surface area (Å²) in [5.41, 5.74) is -14.5. The molecule has 2 saturated heterocycles. The Labute approximate surface area is 709 Å². The van der Waals surface area contributed by atoms with Gasteiger partial charge in [-0.25, -0.2) is 24.0 Å². The summed E-state index contributed by atoms with van der Waals surface area (Å²) in [5.74, 6) is -12.3. The van der Waals surface area contributed by atoms with E-state index in [1.807, 2.05) is 6.92 Å². The normalized spacial score (nSPS) is 32.4. The fraction of sp³-hybridized carbons (Fsp3) is 0.505. The van der Waals surface area contributed by atoms with Gasteiger partial charge in [0.1, 0.15) is 59.5 Å². The molecular weight excluding hydrogens is 1600 g/mol. The predicted octanol–water partition coefficient (Wildman–Crippen LogP) is 7.96. The molecule has 8 aliphatic rings. The first-order valence-electron chi connectivity index (χ1n) is 40.3. The van der Waals surface area contributed by atoms with Gasteiger partial charge in [0.15, 0.2) is 41.1 Å². The summed E-state index contributed by atoms with van der Waals surface area (Å²) < 4.78 is 59.8. The molecule has 5 aromatic carbocycles. The molecule has 31 heteroatoms. The van der Waals surface area contributed by atoms with Crippen LogP contribution in [0.3, 0.4) is 0 Å². The molecular formula is C91H105ClN2O28. The quantitative estimate of drug-likeness (QED) is 0.0228. The second kappa shape index (κ2) is 33.8. The molecule has 4 saturated carbocycles. The minimum Gasteiger partial charge on any atom is -0.456 e. The van der Waals surface area contributed by atoms with Crippen LogP contribution in [-0.2, 0) is 80.9 Å². The largest absolute Gasteiger partial charge is 0.456 e. The number of Topliss-reactive ketones (excluding diaryl/α,β-unsaturated/α-hetero) is 2. The van der Waals surface area contributed by atoms with Crippen molar-refractivity contribution in [2.75, 3.05) is 13.2 Å². The third kappa shape index (κ3) is 16.1. The first-order chi connectivity index (χ1) is 57.1. The van der Waals surface area contributed by atoms with E-state index in [0.717, 1.165) is 26.3 Å². The van der Waals surface area contributed by atoms with Crippen LogP contribution in [0, 0.1) is 40.4 Å². The molecule has 2 heterocycles. The number of amides is 2. The molecule has 6 fully saturated rings. The van der Waals surface area contributed by atoms with Crippen LogP contribution in [0.15, 0.2) is 162 Å². The molecule has 0 radical (unpaired) electrons. The fourth-order valence-electron chi connectivity index (χ4n) is 19.9. The lowest BCUT2D eigenvalue weighted by atomic mass is 9.44. The minimum atomic E-state index is -2.40. The molecule has 9 N–H and O–H groups in total. The van der Waals surface area contributed by atoms with Gasteiger partial charge in [-0.2, -0.15) is 0 Å². The highest BCUT2D eigenvalue weighted by Gasteiger charge is 2.81. The molecule has 30 nitrogen and oxygen atoms in total. The zero-order chi connectivity index (χ0) is 89.4. The SMILES string of the molecule is CC(=O)O[C@@]12CO[C@@H]1C[C@H](O)[C@@]1(C)C(=O)[C@H](O)C3=C(C)[C@@H](OC(=O)[C@H](O)[C@@H](NC(=O)OC(C)(C)C)c4ccc(C)cc4)C[C@@](O)([C@@H](OC(=O)c4ccccc4)[C@H]21)C3(C)C.CC(=O)O[C@H]1C(=O)[C@@]2(C)[C@H]([C@H](OC(=O)c3ccccc3)[C@]3(O)C[C@H](OC(=O)[C@H](O)[C@@H](NC(=O)c4ccc(Cl)cc4)c4ccccc4)C(C)=C1C3(C)C)[C@]1(OC(C)=O)CO[C@@H]1C[C@@H]2O. The number of hydrogen-bond acceptors (Lipinski definition) is 28. The first kappa shape index (κ1) is 91.1. The molecule has 5 aromatic rings. The highest BCUT2D eigenvalue weighted by atomic mass is 35.5. The van der Waals surface area contributed by atoms with Gasteiger partial charge in [0, 0.05) is 67.9 Å². The van der Waals surface area contributed by atoms with E-state index in [0.29, 0.717) is 16.1 Å². The van der Waals surface area contributed by atoms with E-state index in [-0.39, 0.29) is 65.0 Å². The predicted molar refractivity (Wildman–Crippen MR) is 431 cm³/mol. The molecule has 0 unspecified atom stereocenters. The Bertz CT molecular complexity index is 4970. The topological polar surface area (TPSA) is 446 Å². The highest BCUT2D eigenvalue weighted by Crippen LogP contribution is 2.67. The number of alkyl carbamates (subject to hydrolysis) is 1. The number of carbonyl (C=O) groups excluding carboxylic acids is 11. The average molecular weight is 1710 g/mol. The number of nitrogens with one attached hydrogen (secondary N) is 2. The van der Waals surface area contributed by atoms with Crippen molar-refractivity contribution in [3.05, 3.63) is 200 Å². The molecule has 4 bridgehead atoms. The van der Waals surface area contributed by atoms with Crippen LogP contribution in [0.2, 0.25) is 5.02 Å². The Morgan fingerprint density at radius 2 is 0.902 bits per heavy atom. The zero-order valence-corrected chi connectivity index (χ0v) is 71.1. The number of ether oxygens (including phenoxy) is 10. The zero-order valence-electron chi connectivity index (χ0n) is 70.3. The van der Waals surface area contributed by atoms with Crippen LogP contribution in [0.5, 0.6) is 0 Å². The number of carbonyl (C=O) groups is 11. The van der Waals surface area contributed by atoms with Crippen molar-refractivity contribution in [2.45, 2.75) is 243 Å². The fourth-order valence-corrected chi connectivity index (χ4v) is 20.0. The van der Waals surface area contributed by atoms with Crippen molar-refractivity contribution < 1.29 is 136 Å². The van der Waals surface area contributed by atoms with E-state index in [4.69, 9.17) is 59.0 Å². The Hall–Kier alpha value is -10.1. The van der Waals surface area contributed by atoms with Gasteiger partial charge in [-0.15, -0.1) is 0 Å². The smallest absolute Gasteiger partial charge is 0.408 e. The van der Waals surface area contributed by atoms with E-state index >= 15 is 4.79 Å². The van der Waals surface area contributed by atoms with Crippen molar-refractivity contribution >= 4 is 77.0 Å². The lowest BCUT2D eigenvalue weighted by Gasteiger charge is -2.67. The van der Waals surface area contributed by atoms with E-state index < -0.39 is 225 Å². The first-order valence-corrected chi connectivity index (χ1v) is 40.7. The van der Waals surface area contributed by atoms with Crippen molar-refractivity contribution in [2.24, 2.45) is 33.5 Å². The van der Waals surface area contributed by atoms with E-state index in [9.17, 15) is 83.7 Å². The number of esters is 7. The van der Waals surface area contributed by atoms with Crippen molar-refractivity contribution in [1.29, 1.82) is 0 Å². The third-order valence-corrected chi connectivity index (χ3v) is 26.6. The Kier molecular flexibility index (Phi) is 25.3. The Morgan fingerprint density at radius 3 is 1.31 bits per heavy atom. The average Bonchev–Trinajstić information content (AvgIpc) is 0.672. The van der Waals surface area contributed by atoms with Crippen molar-refractivity contribution in [1.82, 2.24) is 10.6 Å². The van der Waals surface area contributed by atoms with Gasteiger partial charge in [-0.3, -0.25) is 28.8 Å². The van der Waals surface area contributed by atoms with E-state index in [2.05, 4.69) is 10.6 Å². The minimum absolute atomic E-state index is 0.0134.